The SMILES string of the molecule is CC1CC(C)N(c2ccc(F)cc2C=O)C1. The van der Waals surface area contributed by atoms with E-state index in [1.807, 2.05) is 0 Å². The molecule has 1 saturated heterocycles. The maximum atomic E-state index is 13.0. The van der Waals surface area contributed by atoms with E-state index in [1.165, 1.54) is 12.1 Å². The maximum Gasteiger partial charge on any atom is 0.152 e. The van der Waals surface area contributed by atoms with Gasteiger partial charge in [0.25, 0.3) is 0 Å². The topological polar surface area (TPSA) is 20.3 Å². The second kappa shape index (κ2) is 4.24. The van der Waals surface area contributed by atoms with Crippen LogP contribution in [0.3, 0.4) is 0 Å². The van der Waals surface area contributed by atoms with Crippen LogP contribution >= 0.6 is 0 Å². The first-order valence-electron chi connectivity index (χ1n) is 5.63. The molecule has 1 aliphatic rings. The average Bonchev–Trinajstić information content (AvgIpc) is 2.57. The van der Waals surface area contributed by atoms with Gasteiger partial charge in [0.15, 0.2) is 6.29 Å². The molecule has 1 fully saturated rings. The first-order valence-corrected chi connectivity index (χ1v) is 5.63. The Kier molecular flexibility index (Phi) is 2.95. The Morgan fingerprint density at radius 3 is 2.75 bits per heavy atom. The fourth-order valence-corrected chi connectivity index (χ4v) is 2.52. The molecule has 1 aliphatic heterocycles. The first kappa shape index (κ1) is 11.1. The molecule has 2 rings (SSSR count). The third-order valence-corrected chi connectivity index (χ3v) is 3.21. The number of rotatable bonds is 2. The molecule has 0 spiro atoms. The van der Waals surface area contributed by atoms with Crippen molar-refractivity contribution in [3.63, 3.8) is 0 Å². The van der Waals surface area contributed by atoms with E-state index in [0.29, 0.717) is 17.5 Å². The lowest BCUT2D eigenvalue weighted by molar-refractivity contribution is 0.112. The number of carbonyl (C=O) groups is 1. The van der Waals surface area contributed by atoms with Crippen LogP contribution in [0, 0.1) is 11.7 Å². The summed E-state index contributed by atoms with van der Waals surface area (Å²) < 4.78 is 13.0. The minimum Gasteiger partial charge on any atom is -0.368 e. The second-order valence-electron chi connectivity index (χ2n) is 4.66. The molecule has 3 heteroatoms. The van der Waals surface area contributed by atoms with E-state index < -0.39 is 0 Å². The Labute approximate surface area is 95.1 Å². The molecule has 1 aromatic carbocycles. The lowest BCUT2D eigenvalue weighted by Crippen LogP contribution is -2.27. The third kappa shape index (κ3) is 1.94. The molecule has 16 heavy (non-hydrogen) atoms. The molecule has 0 amide bonds. The molecule has 0 aromatic heterocycles. The van der Waals surface area contributed by atoms with Crippen molar-refractivity contribution < 1.29 is 9.18 Å². The van der Waals surface area contributed by atoms with Crippen LogP contribution in [0.25, 0.3) is 0 Å². The molecular formula is C13H16FNO. The number of nitrogens with zero attached hydrogens (tertiary/aromatic N) is 1. The van der Waals surface area contributed by atoms with E-state index in [-0.39, 0.29) is 5.82 Å². The summed E-state index contributed by atoms with van der Waals surface area (Å²) in [5, 5.41) is 0. The standard InChI is InChI=1S/C13H16FNO/c1-9-5-10(2)15(7-9)13-4-3-12(14)6-11(13)8-16/h3-4,6,8-10H,5,7H2,1-2H3. The van der Waals surface area contributed by atoms with Gasteiger partial charge in [-0.05, 0) is 37.5 Å². The third-order valence-electron chi connectivity index (χ3n) is 3.21. The highest BCUT2D eigenvalue weighted by atomic mass is 19.1. The van der Waals surface area contributed by atoms with Crippen molar-refractivity contribution in [2.75, 3.05) is 11.4 Å². The van der Waals surface area contributed by atoms with Gasteiger partial charge in [-0.25, -0.2) is 4.39 Å². The fourth-order valence-electron chi connectivity index (χ4n) is 2.52. The van der Waals surface area contributed by atoms with Crippen LogP contribution in [-0.2, 0) is 0 Å². The highest BCUT2D eigenvalue weighted by molar-refractivity contribution is 5.84. The number of hydrogen-bond donors (Lipinski definition) is 0. The zero-order chi connectivity index (χ0) is 11.7. The van der Waals surface area contributed by atoms with Crippen molar-refractivity contribution in [2.45, 2.75) is 26.3 Å². The molecule has 0 aliphatic carbocycles. The van der Waals surface area contributed by atoms with Crippen LogP contribution in [0.5, 0.6) is 0 Å². The summed E-state index contributed by atoms with van der Waals surface area (Å²) in [6.45, 7) is 5.27. The van der Waals surface area contributed by atoms with Crippen LogP contribution < -0.4 is 4.90 Å². The van der Waals surface area contributed by atoms with Crippen molar-refractivity contribution >= 4 is 12.0 Å². The number of carbonyl (C=O) groups excluding carboxylic acids is 1. The Bertz CT molecular complexity index is 405. The van der Waals surface area contributed by atoms with Crippen LogP contribution in [-0.4, -0.2) is 18.9 Å². The molecule has 0 bridgehead atoms. The summed E-state index contributed by atoms with van der Waals surface area (Å²) in [6.07, 6.45) is 1.85. The van der Waals surface area contributed by atoms with E-state index in [4.69, 9.17) is 0 Å². The molecule has 0 N–H and O–H groups in total. The van der Waals surface area contributed by atoms with Crippen LogP contribution in [0.4, 0.5) is 10.1 Å². The van der Waals surface area contributed by atoms with E-state index in [2.05, 4.69) is 18.7 Å². The van der Waals surface area contributed by atoms with Gasteiger partial charge in [0.05, 0.1) is 0 Å². The van der Waals surface area contributed by atoms with Gasteiger partial charge in [-0.15, -0.1) is 0 Å². The number of halogens is 1. The van der Waals surface area contributed by atoms with Gasteiger partial charge in [0, 0.05) is 23.8 Å². The number of hydrogen-bond acceptors (Lipinski definition) is 2. The van der Waals surface area contributed by atoms with E-state index >= 15 is 0 Å². The van der Waals surface area contributed by atoms with Crippen molar-refractivity contribution in [2.24, 2.45) is 5.92 Å². The normalized spacial score (nSPS) is 24.8. The molecule has 0 saturated carbocycles. The van der Waals surface area contributed by atoms with Crippen LogP contribution in [0.2, 0.25) is 0 Å². The zero-order valence-electron chi connectivity index (χ0n) is 9.61. The summed E-state index contributed by atoms with van der Waals surface area (Å²) in [5.41, 5.74) is 1.30. The molecular weight excluding hydrogens is 205 g/mol. The predicted octanol–water partition coefficient (Wildman–Crippen LogP) is 2.87. The van der Waals surface area contributed by atoms with E-state index in [1.54, 1.807) is 6.07 Å². The quantitative estimate of drug-likeness (QED) is 0.716. The van der Waals surface area contributed by atoms with Crippen molar-refractivity contribution in [3.05, 3.63) is 29.6 Å². The summed E-state index contributed by atoms with van der Waals surface area (Å²) in [6, 6.07) is 4.84. The lowest BCUT2D eigenvalue weighted by atomic mass is 10.1. The Morgan fingerprint density at radius 1 is 1.44 bits per heavy atom. The van der Waals surface area contributed by atoms with Gasteiger partial charge in [0.2, 0.25) is 0 Å². The monoisotopic (exact) mass is 221 g/mol. The predicted molar refractivity (Wildman–Crippen MR) is 62.4 cm³/mol. The number of benzene rings is 1. The largest absolute Gasteiger partial charge is 0.368 e. The van der Waals surface area contributed by atoms with Gasteiger partial charge in [-0.3, -0.25) is 4.79 Å². The number of aldehydes is 1. The second-order valence-corrected chi connectivity index (χ2v) is 4.66. The Hall–Kier alpha value is -1.38. The van der Waals surface area contributed by atoms with Crippen LogP contribution in [0.15, 0.2) is 18.2 Å². The van der Waals surface area contributed by atoms with Gasteiger partial charge < -0.3 is 4.90 Å². The van der Waals surface area contributed by atoms with Gasteiger partial charge >= 0.3 is 0 Å². The van der Waals surface area contributed by atoms with Crippen molar-refractivity contribution in [3.8, 4) is 0 Å². The summed E-state index contributed by atoms with van der Waals surface area (Å²) in [4.78, 5) is 13.1. The molecule has 86 valence electrons. The molecule has 2 nitrogen and oxygen atoms in total. The van der Waals surface area contributed by atoms with Crippen LogP contribution in [0.1, 0.15) is 30.6 Å². The highest BCUT2D eigenvalue weighted by Crippen LogP contribution is 2.30. The van der Waals surface area contributed by atoms with Gasteiger partial charge in [-0.1, -0.05) is 6.92 Å². The summed E-state index contributed by atoms with van der Waals surface area (Å²) in [7, 11) is 0. The molecule has 2 unspecified atom stereocenters. The number of anilines is 1. The Morgan fingerprint density at radius 2 is 2.19 bits per heavy atom. The molecule has 0 radical (unpaired) electrons. The van der Waals surface area contributed by atoms with Crippen molar-refractivity contribution in [1.29, 1.82) is 0 Å². The smallest absolute Gasteiger partial charge is 0.152 e. The van der Waals surface area contributed by atoms with Gasteiger partial charge in [-0.2, -0.15) is 0 Å². The minimum absolute atomic E-state index is 0.356. The first-order chi connectivity index (χ1) is 7.61. The summed E-state index contributed by atoms with van der Waals surface area (Å²) in [5.74, 6) is 0.269. The van der Waals surface area contributed by atoms with E-state index in [0.717, 1.165) is 24.9 Å². The van der Waals surface area contributed by atoms with Gasteiger partial charge in [0.1, 0.15) is 5.82 Å². The molecule has 1 aromatic rings. The van der Waals surface area contributed by atoms with Crippen molar-refractivity contribution in [1.82, 2.24) is 0 Å². The van der Waals surface area contributed by atoms with E-state index in [9.17, 15) is 9.18 Å². The zero-order valence-corrected chi connectivity index (χ0v) is 9.61. The minimum atomic E-state index is -0.356. The lowest BCUT2D eigenvalue weighted by Gasteiger charge is -2.25. The highest BCUT2D eigenvalue weighted by Gasteiger charge is 2.27. The maximum absolute atomic E-state index is 13.0. The summed E-state index contributed by atoms with van der Waals surface area (Å²) >= 11 is 0. The molecule has 1 heterocycles. The molecule has 2 atom stereocenters. The fraction of sp³-hybridized carbons (Fsp3) is 0.462. The average molecular weight is 221 g/mol. The Balaban J connectivity index is 2.36.